The Hall–Kier alpha value is -1.06. The van der Waals surface area contributed by atoms with Crippen LogP contribution in [-0.2, 0) is 19.1 Å². The summed E-state index contributed by atoms with van der Waals surface area (Å²) < 4.78 is 9.77. The number of methoxy groups -OCH3 is 1. The number of carbonyl (C=O) groups excluding carboxylic acids is 2. The van der Waals surface area contributed by atoms with Crippen molar-refractivity contribution < 1.29 is 19.1 Å². The van der Waals surface area contributed by atoms with E-state index in [1.54, 1.807) is 0 Å². The van der Waals surface area contributed by atoms with Crippen LogP contribution in [0.15, 0.2) is 0 Å². The van der Waals surface area contributed by atoms with Crippen LogP contribution in [-0.4, -0.2) is 25.2 Å². The molecule has 0 unspecified atom stereocenters. The van der Waals surface area contributed by atoms with E-state index >= 15 is 0 Å². The van der Waals surface area contributed by atoms with Crippen LogP contribution in [0.25, 0.3) is 0 Å². The van der Waals surface area contributed by atoms with Gasteiger partial charge >= 0.3 is 11.9 Å². The van der Waals surface area contributed by atoms with Gasteiger partial charge < -0.3 is 9.47 Å². The van der Waals surface area contributed by atoms with Gasteiger partial charge in [0.1, 0.15) is 6.10 Å². The highest BCUT2D eigenvalue weighted by Crippen LogP contribution is 2.30. The van der Waals surface area contributed by atoms with E-state index in [9.17, 15) is 9.59 Å². The Morgan fingerprint density at radius 3 is 2.47 bits per heavy atom. The molecule has 19 heavy (non-hydrogen) atoms. The average molecular weight is 270 g/mol. The largest absolute Gasteiger partial charge is 0.469 e. The first-order valence-corrected chi connectivity index (χ1v) is 7.46. The standard InChI is InChI=1S/C15H26O4/c1-3-9-12-13(19-15(12)17)10-7-5-4-6-8-11-14(16)18-2/h12-13H,3-11H2,1-2H3/t12-,13-/m1/s1. The highest BCUT2D eigenvalue weighted by atomic mass is 16.6. The van der Waals surface area contributed by atoms with Gasteiger partial charge in [-0.25, -0.2) is 0 Å². The molecule has 0 amide bonds. The molecule has 1 saturated heterocycles. The number of rotatable bonds is 10. The Morgan fingerprint density at radius 1 is 1.16 bits per heavy atom. The van der Waals surface area contributed by atoms with Crippen LogP contribution in [0.2, 0.25) is 0 Å². The molecule has 0 N–H and O–H groups in total. The van der Waals surface area contributed by atoms with E-state index in [1.807, 2.05) is 0 Å². The molecule has 0 saturated carbocycles. The molecule has 0 aromatic rings. The number of hydrogen-bond donors (Lipinski definition) is 0. The lowest BCUT2D eigenvalue weighted by atomic mass is 9.88. The number of esters is 2. The number of ether oxygens (including phenoxy) is 2. The van der Waals surface area contributed by atoms with E-state index in [1.165, 1.54) is 7.11 Å². The Labute approximate surface area is 115 Å². The third-order valence-electron chi connectivity index (χ3n) is 3.72. The van der Waals surface area contributed by atoms with Crippen molar-refractivity contribution in [3.63, 3.8) is 0 Å². The van der Waals surface area contributed by atoms with E-state index in [0.717, 1.165) is 51.4 Å². The predicted octanol–water partition coefficient (Wildman–Crippen LogP) is 3.23. The summed E-state index contributed by atoms with van der Waals surface area (Å²) in [6.07, 6.45) is 9.06. The summed E-state index contributed by atoms with van der Waals surface area (Å²) in [5, 5.41) is 0. The van der Waals surface area contributed by atoms with Crippen molar-refractivity contribution in [3.05, 3.63) is 0 Å². The summed E-state index contributed by atoms with van der Waals surface area (Å²) in [7, 11) is 1.43. The molecule has 1 aliphatic heterocycles. The minimum atomic E-state index is -0.121. The van der Waals surface area contributed by atoms with Gasteiger partial charge in [0.25, 0.3) is 0 Å². The lowest BCUT2D eigenvalue weighted by Crippen LogP contribution is -2.44. The Balaban J connectivity index is 1.94. The molecule has 1 rings (SSSR count). The predicted molar refractivity (Wildman–Crippen MR) is 72.6 cm³/mol. The minimum absolute atomic E-state index is 0.00933. The van der Waals surface area contributed by atoms with Crippen LogP contribution >= 0.6 is 0 Å². The maximum absolute atomic E-state index is 11.2. The molecule has 2 atom stereocenters. The van der Waals surface area contributed by atoms with Crippen LogP contribution < -0.4 is 0 Å². The van der Waals surface area contributed by atoms with E-state index in [2.05, 4.69) is 11.7 Å². The molecule has 0 aliphatic carbocycles. The van der Waals surface area contributed by atoms with Crippen molar-refractivity contribution in [2.24, 2.45) is 5.92 Å². The van der Waals surface area contributed by atoms with Crippen LogP contribution in [0.3, 0.4) is 0 Å². The summed E-state index contributed by atoms with van der Waals surface area (Å²) >= 11 is 0. The van der Waals surface area contributed by atoms with Gasteiger partial charge in [0.05, 0.1) is 13.0 Å². The quantitative estimate of drug-likeness (QED) is 0.452. The van der Waals surface area contributed by atoms with E-state index < -0.39 is 0 Å². The van der Waals surface area contributed by atoms with Crippen LogP contribution in [0.4, 0.5) is 0 Å². The highest BCUT2D eigenvalue weighted by Gasteiger charge is 2.40. The average Bonchev–Trinajstić information content (AvgIpc) is 2.42. The SMILES string of the molecule is CCC[C@H]1C(=O)O[C@@H]1CCCCCCCC(=O)OC. The molecule has 0 spiro atoms. The number of carbonyl (C=O) groups is 2. The number of hydrogen-bond acceptors (Lipinski definition) is 4. The van der Waals surface area contributed by atoms with Gasteiger partial charge in [-0.3, -0.25) is 9.59 Å². The molecule has 4 heteroatoms. The maximum Gasteiger partial charge on any atom is 0.313 e. The fraction of sp³-hybridized carbons (Fsp3) is 0.867. The molecular weight excluding hydrogens is 244 g/mol. The van der Waals surface area contributed by atoms with Gasteiger partial charge in [-0.15, -0.1) is 0 Å². The third kappa shape index (κ3) is 5.62. The third-order valence-corrected chi connectivity index (χ3v) is 3.72. The Kier molecular flexibility index (Phi) is 7.53. The van der Waals surface area contributed by atoms with Crippen LogP contribution in [0, 0.1) is 5.92 Å². The van der Waals surface area contributed by atoms with Crippen molar-refractivity contribution in [2.45, 2.75) is 70.8 Å². The first-order valence-electron chi connectivity index (χ1n) is 7.46. The van der Waals surface area contributed by atoms with Gasteiger partial charge in [-0.2, -0.15) is 0 Å². The summed E-state index contributed by atoms with van der Waals surface area (Å²) in [5.74, 6) is 0.0260. The summed E-state index contributed by atoms with van der Waals surface area (Å²) in [6, 6.07) is 0. The Bertz CT molecular complexity index is 288. The summed E-state index contributed by atoms with van der Waals surface area (Å²) in [5.41, 5.74) is 0. The van der Waals surface area contributed by atoms with Gasteiger partial charge in [-0.05, 0) is 25.7 Å². The molecule has 4 nitrogen and oxygen atoms in total. The lowest BCUT2D eigenvalue weighted by Gasteiger charge is -2.35. The smallest absolute Gasteiger partial charge is 0.313 e. The van der Waals surface area contributed by atoms with Crippen molar-refractivity contribution >= 4 is 11.9 Å². The molecule has 1 fully saturated rings. The van der Waals surface area contributed by atoms with Gasteiger partial charge in [0.2, 0.25) is 0 Å². The van der Waals surface area contributed by atoms with Crippen molar-refractivity contribution in [3.8, 4) is 0 Å². The lowest BCUT2D eigenvalue weighted by molar-refractivity contribution is -0.186. The molecule has 0 bridgehead atoms. The number of cyclic esters (lactones) is 1. The van der Waals surface area contributed by atoms with Gasteiger partial charge in [-0.1, -0.05) is 32.6 Å². The molecule has 0 aromatic carbocycles. The molecule has 1 aliphatic rings. The van der Waals surface area contributed by atoms with Gasteiger partial charge in [0.15, 0.2) is 0 Å². The van der Waals surface area contributed by atoms with Crippen molar-refractivity contribution in [2.75, 3.05) is 7.11 Å². The normalized spacial score (nSPS) is 21.7. The molecule has 0 radical (unpaired) electrons. The molecule has 0 aromatic heterocycles. The fourth-order valence-corrected chi connectivity index (χ4v) is 2.52. The van der Waals surface area contributed by atoms with Crippen molar-refractivity contribution in [1.29, 1.82) is 0 Å². The number of unbranched alkanes of at least 4 members (excludes halogenated alkanes) is 4. The van der Waals surface area contributed by atoms with E-state index in [-0.39, 0.29) is 24.0 Å². The molecular formula is C15H26O4. The zero-order chi connectivity index (χ0) is 14.1. The first-order chi connectivity index (χ1) is 9.19. The van der Waals surface area contributed by atoms with E-state index in [0.29, 0.717) is 6.42 Å². The second kappa shape index (κ2) is 8.94. The monoisotopic (exact) mass is 270 g/mol. The second-order valence-electron chi connectivity index (χ2n) is 5.25. The zero-order valence-corrected chi connectivity index (χ0v) is 12.2. The van der Waals surface area contributed by atoms with Crippen LogP contribution in [0.5, 0.6) is 0 Å². The first kappa shape index (κ1) is 16.0. The van der Waals surface area contributed by atoms with Crippen molar-refractivity contribution in [1.82, 2.24) is 0 Å². The summed E-state index contributed by atoms with van der Waals surface area (Å²) in [4.78, 5) is 22.1. The van der Waals surface area contributed by atoms with Crippen LogP contribution in [0.1, 0.15) is 64.7 Å². The Morgan fingerprint density at radius 2 is 1.84 bits per heavy atom. The zero-order valence-electron chi connectivity index (χ0n) is 12.2. The maximum atomic E-state index is 11.2. The highest BCUT2D eigenvalue weighted by molar-refractivity contribution is 5.78. The minimum Gasteiger partial charge on any atom is -0.469 e. The van der Waals surface area contributed by atoms with E-state index in [4.69, 9.17) is 4.74 Å². The topological polar surface area (TPSA) is 52.6 Å². The van der Waals surface area contributed by atoms with Gasteiger partial charge in [0, 0.05) is 6.42 Å². The molecule has 110 valence electrons. The molecule has 1 heterocycles. The fourth-order valence-electron chi connectivity index (χ4n) is 2.52. The second-order valence-corrected chi connectivity index (χ2v) is 5.25. The summed E-state index contributed by atoms with van der Waals surface area (Å²) in [6.45, 7) is 2.10.